The summed E-state index contributed by atoms with van der Waals surface area (Å²) < 4.78 is 5.74. The van der Waals surface area contributed by atoms with E-state index in [9.17, 15) is 19.8 Å². The number of hydrogen-bond donors (Lipinski definition) is 3. The first-order chi connectivity index (χ1) is 12.2. The van der Waals surface area contributed by atoms with Gasteiger partial charge in [0.2, 0.25) is 17.3 Å². The largest absolute Gasteiger partial charge is 0.454 e. The number of ether oxygens (including phenoxy) is 1. The molecule has 2 aliphatic rings. The summed E-state index contributed by atoms with van der Waals surface area (Å²) >= 11 is 0. The molecule has 0 aromatic heterocycles. The molecular weight excluding hydrogens is 334 g/mol. The number of fused-ring (bicyclic) bond motifs is 5. The monoisotopic (exact) mass is 353 g/mol. The molecule has 2 unspecified atom stereocenters. The summed E-state index contributed by atoms with van der Waals surface area (Å²) in [7, 11) is 0. The molecule has 1 aliphatic heterocycles. The minimum atomic E-state index is -2.26. The Hall–Kier alpha value is -2.70. The van der Waals surface area contributed by atoms with Gasteiger partial charge in [0.25, 0.3) is 5.79 Å². The lowest BCUT2D eigenvalue weighted by atomic mass is 9.86. The van der Waals surface area contributed by atoms with Crippen LogP contribution in [0.2, 0.25) is 0 Å². The topological polar surface area (TPSA) is 95.9 Å². The van der Waals surface area contributed by atoms with Crippen molar-refractivity contribution in [2.24, 2.45) is 0 Å². The molecule has 134 valence electrons. The Bertz CT molecular complexity index is 967. The number of carbonyl (C=O) groups is 2. The van der Waals surface area contributed by atoms with Gasteiger partial charge in [0.1, 0.15) is 5.75 Å². The molecule has 2 aromatic rings. The molecule has 0 saturated carbocycles. The van der Waals surface area contributed by atoms with Crippen LogP contribution in [0, 0.1) is 0 Å². The van der Waals surface area contributed by atoms with Crippen LogP contribution in [0.1, 0.15) is 53.7 Å². The van der Waals surface area contributed by atoms with Gasteiger partial charge in [0.15, 0.2) is 0 Å². The molecule has 6 nitrogen and oxygen atoms in total. The SMILES string of the molecule is CC(=O)Nc1cccc2c1C(=O)C1(O)c3ccc(C(C)C)cc3OC21O. The van der Waals surface area contributed by atoms with Crippen LogP contribution in [0.5, 0.6) is 5.75 Å². The zero-order valence-corrected chi connectivity index (χ0v) is 14.7. The number of aliphatic hydroxyl groups is 2. The van der Waals surface area contributed by atoms with Gasteiger partial charge < -0.3 is 20.3 Å². The summed E-state index contributed by atoms with van der Waals surface area (Å²) in [5.74, 6) is -2.78. The second-order valence-corrected chi connectivity index (χ2v) is 7.11. The third kappa shape index (κ3) is 1.88. The molecule has 0 bridgehead atoms. The van der Waals surface area contributed by atoms with Crippen LogP contribution in [0.3, 0.4) is 0 Å². The summed E-state index contributed by atoms with van der Waals surface area (Å²) in [5.41, 5.74) is -0.630. The van der Waals surface area contributed by atoms with Crippen LogP contribution in [0.15, 0.2) is 36.4 Å². The Balaban J connectivity index is 1.92. The lowest BCUT2D eigenvalue weighted by Gasteiger charge is -2.28. The van der Waals surface area contributed by atoms with E-state index in [0.29, 0.717) is 0 Å². The maximum Gasteiger partial charge on any atom is 0.276 e. The van der Waals surface area contributed by atoms with Crippen molar-refractivity contribution < 1.29 is 24.5 Å². The van der Waals surface area contributed by atoms with Crippen LogP contribution >= 0.6 is 0 Å². The van der Waals surface area contributed by atoms with Crippen molar-refractivity contribution in [2.45, 2.75) is 38.1 Å². The van der Waals surface area contributed by atoms with Crippen molar-refractivity contribution in [1.82, 2.24) is 0 Å². The molecule has 26 heavy (non-hydrogen) atoms. The summed E-state index contributed by atoms with van der Waals surface area (Å²) in [6.07, 6.45) is 0. The number of nitrogens with one attached hydrogen (secondary N) is 1. The maximum atomic E-state index is 13.1. The van der Waals surface area contributed by atoms with Crippen molar-refractivity contribution in [1.29, 1.82) is 0 Å². The van der Waals surface area contributed by atoms with Crippen molar-refractivity contribution in [3.63, 3.8) is 0 Å². The number of carbonyl (C=O) groups excluding carboxylic acids is 2. The molecule has 1 heterocycles. The zero-order chi connectivity index (χ0) is 18.9. The molecule has 4 rings (SSSR count). The predicted octanol–water partition coefficient (Wildman–Crippen LogP) is 2.39. The highest BCUT2D eigenvalue weighted by Crippen LogP contribution is 2.59. The molecule has 1 amide bonds. The van der Waals surface area contributed by atoms with E-state index in [1.807, 2.05) is 19.9 Å². The van der Waals surface area contributed by atoms with Crippen molar-refractivity contribution >= 4 is 17.4 Å². The molecule has 2 atom stereocenters. The first-order valence-electron chi connectivity index (χ1n) is 8.44. The molecule has 0 fully saturated rings. The standard InChI is InChI=1S/C20H19NO5/c1-10(2)12-7-8-13-16(9-12)26-20(25)14-5-4-6-15(21-11(3)22)17(14)18(23)19(13,20)24/h4-10,24-25H,1-3H3,(H,21,22). The van der Waals surface area contributed by atoms with E-state index >= 15 is 0 Å². The average molecular weight is 353 g/mol. The van der Waals surface area contributed by atoms with E-state index in [4.69, 9.17) is 4.74 Å². The third-order valence-corrected chi connectivity index (χ3v) is 5.11. The summed E-state index contributed by atoms with van der Waals surface area (Å²) in [5, 5.41) is 25.1. The van der Waals surface area contributed by atoms with E-state index < -0.39 is 17.2 Å². The van der Waals surface area contributed by atoms with Crippen molar-refractivity contribution in [3.05, 3.63) is 58.7 Å². The Labute approximate surface area is 150 Å². The van der Waals surface area contributed by atoms with Gasteiger partial charge in [-0.3, -0.25) is 9.59 Å². The van der Waals surface area contributed by atoms with Crippen molar-refractivity contribution in [3.8, 4) is 5.75 Å². The lowest BCUT2D eigenvalue weighted by Crippen LogP contribution is -2.48. The molecule has 2 aromatic carbocycles. The lowest BCUT2D eigenvalue weighted by molar-refractivity contribution is -0.224. The number of amides is 1. The van der Waals surface area contributed by atoms with E-state index in [1.54, 1.807) is 24.3 Å². The highest BCUT2D eigenvalue weighted by Gasteiger charge is 2.71. The Kier molecular flexibility index (Phi) is 3.32. The first-order valence-corrected chi connectivity index (χ1v) is 8.44. The van der Waals surface area contributed by atoms with Crippen LogP contribution < -0.4 is 10.1 Å². The van der Waals surface area contributed by atoms with Gasteiger partial charge in [-0.2, -0.15) is 0 Å². The molecule has 1 aliphatic carbocycles. The smallest absolute Gasteiger partial charge is 0.276 e. The summed E-state index contributed by atoms with van der Waals surface area (Å²) in [6.45, 7) is 5.35. The maximum absolute atomic E-state index is 13.1. The highest BCUT2D eigenvalue weighted by atomic mass is 16.7. The number of benzene rings is 2. The first kappa shape index (κ1) is 16.8. The van der Waals surface area contributed by atoms with Gasteiger partial charge in [-0.15, -0.1) is 0 Å². The Morgan fingerprint density at radius 2 is 1.88 bits per heavy atom. The van der Waals surface area contributed by atoms with E-state index in [0.717, 1.165) is 5.56 Å². The Morgan fingerprint density at radius 1 is 1.15 bits per heavy atom. The predicted molar refractivity (Wildman–Crippen MR) is 94.0 cm³/mol. The average Bonchev–Trinajstić information content (AvgIpc) is 2.91. The molecule has 6 heteroatoms. The van der Waals surface area contributed by atoms with Gasteiger partial charge >= 0.3 is 0 Å². The molecule has 3 N–H and O–H groups in total. The second-order valence-electron chi connectivity index (χ2n) is 7.11. The fourth-order valence-electron chi connectivity index (χ4n) is 3.78. The minimum Gasteiger partial charge on any atom is -0.454 e. The van der Waals surface area contributed by atoms with Gasteiger partial charge in [-0.05, 0) is 23.6 Å². The number of rotatable bonds is 2. The van der Waals surface area contributed by atoms with Crippen LogP contribution in [0.25, 0.3) is 0 Å². The van der Waals surface area contributed by atoms with Crippen LogP contribution in [0.4, 0.5) is 5.69 Å². The number of Topliss-reactive ketones (excluding diaryl/α,β-unsaturated/α-hetero) is 1. The van der Waals surface area contributed by atoms with Crippen LogP contribution in [-0.4, -0.2) is 21.9 Å². The molecule has 0 saturated heterocycles. The van der Waals surface area contributed by atoms with E-state index in [2.05, 4.69) is 5.32 Å². The third-order valence-electron chi connectivity index (χ3n) is 5.11. The molecular formula is C20H19NO5. The Morgan fingerprint density at radius 3 is 2.54 bits per heavy atom. The van der Waals surface area contributed by atoms with Crippen LogP contribution in [-0.2, 0) is 16.2 Å². The fraction of sp³-hybridized carbons (Fsp3) is 0.300. The number of anilines is 1. The minimum absolute atomic E-state index is 0.0614. The normalized spacial score (nSPS) is 25.5. The highest BCUT2D eigenvalue weighted by molar-refractivity contribution is 6.14. The molecule has 0 spiro atoms. The van der Waals surface area contributed by atoms with Gasteiger partial charge in [-0.25, -0.2) is 0 Å². The summed E-state index contributed by atoms with van der Waals surface area (Å²) in [4.78, 5) is 24.6. The van der Waals surface area contributed by atoms with E-state index in [-0.39, 0.29) is 40.0 Å². The van der Waals surface area contributed by atoms with E-state index in [1.165, 1.54) is 13.0 Å². The quantitative estimate of drug-likeness (QED) is 0.770. The zero-order valence-electron chi connectivity index (χ0n) is 14.7. The summed E-state index contributed by atoms with van der Waals surface area (Å²) in [6, 6.07) is 9.82. The van der Waals surface area contributed by atoms with Gasteiger partial charge in [0, 0.05) is 18.1 Å². The fourth-order valence-corrected chi connectivity index (χ4v) is 3.78. The van der Waals surface area contributed by atoms with Crippen molar-refractivity contribution in [2.75, 3.05) is 5.32 Å². The molecule has 0 radical (unpaired) electrons. The van der Waals surface area contributed by atoms with Gasteiger partial charge in [0.05, 0.1) is 11.3 Å². The van der Waals surface area contributed by atoms with Gasteiger partial charge in [-0.1, -0.05) is 38.1 Å². The number of hydrogen-bond acceptors (Lipinski definition) is 5. The number of ketones is 1. The second kappa shape index (κ2) is 5.16.